The average Bonchev–Trinajstić information content (AvgIpc) is 2.46. The molecule has 106 valence electrons. The van der Waals surface area contributed by atoms with E-state index in [0.29, 0.717) is 6.04 Å². The van der Waals surface area contributed by atoms with Crippen LogP contribution in [0.25, 0.3) is 0 Å². The zero-order chi connectivity index (χ0) is 13.5. The molecular weight excluding hydrogens is 236 g/mol. The van der Waals surface area contributed by atoms with Crippen LogP contribution in [-0.4, -0.2) is 22.6 Å². The number of nitrogens with one attached hydrogen (secondary N) is 2. The highest BCUT2D eigenvalue weighted by Crippen LogP contribution is 2.28. The van der Waals surface area contributed by atoms with Crippen molar-refractivity contribution in [1.29, 1.82) is 0 Å². The van der Waals surface area contributed by atoms with Gasteiger partial charge in [-0.05, 0) is 31.2 Å². The first-order valence-corrected chi connectivity index (χ1v) is 7.65. The molecule has 0 bridgehead atoms. The van der Waals surface area contributed by atoms with Crippen molar-refractivity contribution in [2.75, 3.05) is 17.2 Å². The zero-order valence-corrected chi connectivity index (χ0v) is 12.2. The molecule has 1 heterocycles. The van der Waals surface area contributed by atoms with Crippen LogP contribution in [0.2, 0.25) is 0 Å². The lowest BCUT2D eigenvalue weighted by molar-refractivity contribution is 0.327. The monoisotopic (exact) mass is 262 g/mol. The van der Waals surface area contributed by atoms with E-state index in [4.69, 9.17) is 0 Å². The van der Waals surface area contributed by atoms with Crippen molar-refractivity contribution in [1.82, 2.24) is 9.97 Å². The van der Waals surface area contributed by atoms with E-state index in [2.05, 4.69) is 34.4 Å². The fourth-order valence-corrected chi connectivity index (χ4v) is 2.76. The molecule has 19 heavy (non-hydrogen) atoms. The highest BCUT2D eigenvalue weighted by molar-refractivity contribution is 5.40. The summed E-state index contributed by atoms with van der Waals surface area (Å²) in [5.41, 5.74) is 0. The number of hydrogen-bond donors (Lipinski definition) is 2. The lowest BCUT2D eigenvalue weighted by Gasteiger charge is -2.29. The summed E-state index contributed by atoms with van der Waals surface area (Å²) in [7, 11) is 0. The van der Waals surface area contributed by atoms with Crippen molar-refractivity contribution in [2.24, 2.45) is 5.92 Å². The highest BCUT2D eigenvalue weighted by atomic mass is 15.1. The Balaban J connectivity index is 1.90. The van der Waals surface area contributed by atoms with Crippen molar-refractivity contribution in [2.45, 2.75) is 58.4 Å². The summed E-state index contributed by atoms with van der Waals surface area (Å²) in [5.74, 6) is 2.57. The number of nitrogens with zero attached hydrogens (tertiary/aromatic N) is 2. The molecule has 0 saturated heterocycles. The highest BCUT2D eigenvalue weighted by Gasteiger charge is 2.20. The molecule has 1 aromatic heterocycles. The summed E-state index contributed by atoms with van der Waals surface area (Å²) in [6.07, 6.45) is 9.47. The van der Waals surface area contributed by atoms with E-state index < -0.39 is 0 Å². The summed E-state index contributed by atoms with van der Waals surface area (Å²) in [6, 6.07) is 2.54. The van der Waals surface area contributed by atoms with Gasteiger partial charge in [0.1, 0.15) is 5.82 Å². The standard InChI is InChI=1S/C15H26N4/c1-3-9-16-15-17-10-8-14(19-15)18-13-7-5-6-12(4-2)11-13/h8,10,12-13H,3-7,9,11H2,1-2H3,(H2,16,17,18,19). The van der Waals surface area contributed by atoms with Crippen LogP contribution in [0.15, 0.2) is 12.3 Å². The lowest BCUT2D eigenvalue weighted by atomic mass is 9.84. The summed E-state index contributed by atoms with van der Waals surface area (Å²) in [6.45, 7) is 5.36. The van der Waals surface area contributed by atoms with Crippen LogP contribution in [-0.2, 0) is 0 Å². The third-order valence-electron chi connectivity index (χ3n) is 3.90. The first kappa shape index (κ1) is 14.1. The van der Waals surface area contributed by atoms with E-state index in [1.165, 1.54) is 32.1 Å². The molecule has 4 heteroatoms. The topological polar surface area (TPSA) is 49.8 Å². The van der Waals surface area contributed by atoms with Crippen LogP contribution in [0.5, 0.6) is 0 Å². The van der Waals surface area contributed by atoms with E-state index in [1.807, 2.05) is 12.3 Å². The maximum Gasteiger partial charge on any atom is 0.224 e. The quantitative estimate of drug-likeness (QED) is 0.821. The third kappa shape index (κ3) is 4.37. The summed E-state index contributed by atoms with van der Waals surface area (Å²) < 4.78 is 0. The molecule has 1 fully saturated rings. The Morgan fingerprint density at radius 2 is 2.21 bits per heavy atom. The maximum absolute atomic E-state index is 4.52. The fourth-order valence-electron chi connectivity index (χ4n) is 2.76. The molecule has 0 radical (unpaired) electrons. The van der Waals surface area contributed by atoms with Gasteiger partial charge >= 0.3 is 0 Å². The van der Waals surface area contributed by atoms with E-state index >= 15 is 0 Å². The minimum atomic E-state index is 0.577. The molecule has 2 N–H and O–H groups in total. The van der Waals surface area contributed by atoms with Crippen molar-refractivity contribution >= 4 is 11.8 Å². The first-order chi connectivity index (χ1) is 9.31. The van der Waals surface area contributed by atoms with Gasteiger partial charge in [0.05, 0.1) is 0 Å². The average molecular weight is 262 g/mol. The zero-order valence-electron chi connectivity index (χ0n) is 12.2. The van der Waals surface area contributed by atoms with Crippen LogP contribution in [0.4, 0.5) is 11.8 Å². The third-order valence-corrected chi connectivity index (χ3v) is 3.90. The molecule has 2 unspecified atom stereocenters. The van der Waals surface area contributed by atoms with Crippen LogP contribution >= 0.6 is 0 Å². The smallest absolute Gasteiger partial charge is 0.224 e. The molecule has 1 saturated carbocycles. The molecular formula is C15H26N4. The minimum absolute atomic E-state index is 0.577. The molecule has 0 aliphatic heterocycles. The number of rotatable bonds is 6. The Morgan fingerprint density at radius 3 is 3.00 bits per heavy atom. The molecule has 0 spiro atoms. The molecule has 1 aromatic rings. The largest absolute Gasteiger partial charge is 0.367 e. The molecule has 0 amide bonds. The van der Waals surface area contributed by atoms with E-state index in [-0.39, 0.29) is 0 Å². The Labute approximate surface area is 116 Å². The van der Waals surface area contributed by atoms with Gasteiger partial charge in [-0.2, -0.15) is 4.98 Å². The van der Waals surface area contributed by atoms with Crippen LogP contribution < -0.4 is 10.6 Å². The Kier molecular flexibility index (Phi) is 5.43. The Bertz CT molecular complexity index is 380. The second-order valence-electron chi connectivity index (χ2n) is 5.47. The van der Waals surface area contributed by atoms with Gasteiger partial charge in [0.25, 0.3) is 0 Å². The maximum atomic E-state index is 4.52. The molecule has 0 aromatic carbocycles. The van der Waals surface area contributed by atoms with E-state index in [0.717, 1.165) is 30.6 Å². The van der Waals surface area contributed by atoms with E-state index in [1.54, 1.807) is 0 Å². The van der Waals surface area contributed by atoms with Gasteiger partial charge in [-0.1, -0.05) is 33.1 Å². The predicted molar refractivity (Wildman–Crippen MR) is 80.5 cm³/mol. The van der Waals surface area contributed by atoms with Crippen LogP contribution in [0.3, 0.4) is 0 Å². The van der Waals surface area contributed by atoms with Crippen molar-refractivity contribution in [3.8, 4) is 0 Å². The van der Waals surface area contributed by atoms with Gasteiger partial charge in [-0.25, -0.2) is 4.98 Å². The summed E-state index contributed by atoms with van der Waals surface area (Å²) in [5, 5.41) is 6.80. The number of hydrogen-bond acceptors (Lipinski definition) is 4. The Morgan fingerprint density at radius 1 is 1.32 bits per heavy atom. The SMILES string of the molecule is CCCNc1nccc(NC2CCCC(CC)C2)n1. The second kappa shape index (κ2) is 7.31. The van der Waals surface area contributed by atoms with Gasteiger partial charge in [0, 0.05) is 18.8 Å². The normalized spacial score (nSPS) is 23.1. The second-order valence-corrected chi connectivity index (χ2v) is 5.47. The van der Waals surface area contributed by atoms with E-state index in [9.17, 15) is 0 Å². The summed E-state index contributed by atoms with van der Waals surface area (Å²) >= 11 is 0. The van der Waals surface area contributed by atoms with Gasteiger partial charge < -0.3 is 10.6 Å². The Hall–Kier alpha value is -1.32. The van der Waals surface area contributed by atoms with Crippen LogP contribution in [0.1, 0.15) is 52.4 Å². The van der Waals surface area contributed by atoms with Gasteiger partial charge in [-0.15, -0.1) is 0 Å². The van der Waals surface area contributed by atoms with Gasteiger partial charge in [0.2, 0.25) is 5.95 Å². The van der Waals surface area contributed by atoms with Gasteiger partial charge in [0.15, 0.2) is 0 Å². The van der Waals surface area contributed by atoms with Crippen LogP contribution in [0, 0.1) is 5.92 Å². The summed E-state index contributed by atoms with van der Waals surface area (Å²) in [4.78, 5) is 8.76. The number of aromatic nitrogens is 2. The molecule has 2 atom stereocenters. The molecule has 1 aliphatic rings. The minimum Gasteiger partial charge on any atom is -0.367 e. The molecule has 2 rings (SSSR count). The lowest BCUT2D eigenvalue weighted by Crippen LogP contribution is -2.27. The number of anilines is 2. The van der Waals surface area contributed by atoms with Crippen molar-refractivity contribution in [3.63, 3.8) is 0 Å². The van der Waals surface area contributed by atoms with Crippen molar-refractivity contribution in [3.05, 3.63) is 12.3 Å². The predicted octanol–water partition coefficient (Wildman–Crippen LogP) is 3.68. The first-order valence-electron chi connectivity index (χ1n) is 7.65. The fraction of sp³-hybridized carbons (Fsp3) is 0.733. The molecule has 1 aliphatic carbocycles. The van der Waals surface area contributed by atoms with Gasteiger partial charge in [-0.3, -0.25) is 0 Å². The molecule has 4 nitrogen and oxygen atoms in total. The van der Waals surface area contributed by atoms with Crippen molar-refractivity contribution < 1.29 is 0 Å².